The monoisotopic (exact) mass is 672 g/mol. The number of carboxylic acid groups (broad SMARTS) is 1. The van der Waals surface area contributed by atoms with Gasteiger partial charge in [-0.3, -0.25) is 9.59 Å². The van der Waals surface area contributed by atoms with Gasteiger partial charge in [0.2, 0.25) is 0 Å². The number of aliphatic hydroxyl groups is 2. The largest absolute Gasteiger partial charge is 0.478 e. The molecular weight excluding hydrogens is 617 g/mol. The summed E-state index contributed by atoms with van der Waals surface area (Å²) >= 11 is 0. The summed E-state index contributed by atoms with van der Waals surface area (Å²) in [6, 6.07) is 0. The van der Waals surface area contributed by atoms with Crippen LogP contribution in [0.1, 0.15) is 113 Å². The third kappa shape index (κ3) is 6.61. The van der Waals surface area contributed by atoms with Crippen LogP contribution < -0.4 is 0 Å². The third-order valence-electron chi connectivity index (χ3n) is 13.1. The SMILES string of the molecule is CC(=O)OC1CC2(C)C(CCC3C4(C)CCC(O)C(C)C4C(OC(=O)C(C)CC(F)(F)F)C(O)C32C)/C1=C(\CCCC(C)C)C(=O)O. The van der Waals surface area contributed by atoms with E-state index in [1.54, 1.807) is 0 Å². The van der Waals surface area contributed by atoms with Crippen LogP contribution in [0.5, 0.6) is 0 Å². The second kappa shape index (κ2) is 13.3. The summed E-state index contributed by atoms with van der Waals surface area (Å²) in [7, 11) is 0. The van der Waals surface area contributed by atoms with E-state index in [1.807, 2.05) is 20.8 Å². The molecule has 8 nitrogen and oxygen atoms in total. The predicted molar refractivity (Wildman–Crippen MR) is 168 cm³/mol. The number of alkyl halides is 3. The molecular formula is C36H55F3O8. The molecule has 0 saturated heterocycles. The Kier molecular flexibility index (Phi) is 10.7. The minimum atomic E-state index is -4.58. The van der Waals surface area contributed by atoms with E-state index >= 15 is 0 Å². The first kappa shape index (κ1) is 37.7. The van der Waals surface area contributed by atoms with Crippen molar-refractivity contribution >= 4 is 17.9 Å². The van der Waals surface area contributed by atoms with Crippen LogP contribution in [0.25, 0.3) is 0 Å². The van der Waals surface area contributed by atoms with Gasteiger partial charge in [0.1, 0.15) is 12.2 Å². The molecule has 4 aliphatic carbocycles. The highest BCUT2D eigenvalue weighted by atomic mass is 19.4. The minimum Gasteiger partial charge on any atom is -0.478 e. The molecule has 0 radical (unpaired) electrons. The van der Waals surface area contributed by atoms with Gasteiger partial charge in [-0.15, -0.1) is 0 Å². The lowest BCUT2D eigenvalue weighted by molar-refractivity contribution is -0.289. The zero-order valence-corrected chi connectivity index (χ0v) is 29.2. The van der Waals surface area contributed by atoms with Gasteiger partial charge in [-0.2, -0.15) is 13.2 Å². The normalized spacial score (nSPS) is 41.7. The van der Waals surface area contributed by atoms with Crippen LogP contribution in [0.3, 0.4) is 0 Å². The van der Waals surface area contributed by atoms with Crippen LogP contribution in [-0.2, 0) is 23.9 Å². The fourth-order valence-corrected chi connectivity index (χ4v) is 10.8. The fourth-order valence-electron chi connectivity index (χ4n) is 10.8. The number of aliphatic hydroxyl groups excluding tert-OH is 2. The number of rotatable bonds is 9. The van der Waals surface area contributed by atoms with Crippen LogP contribution in [0, 0.1) is 51.8 Å². The van der Waals surface area contributed by atoms with Crippen molar-refractivity contribution in [2.24, 2.45) is 51.8 Å². The molecule has 4 rings (SSSR count). The van der Waals surface area contributed by atoms with Gasteiger partial charge < -0.3 is 24.8 Å². The summed E-state index contributed by atoms with van der Waals surface area (Å²) in [6.45, 7) is 14.5. The van der Waals surface area contributed by atoms with E-state index in [0.717, 1.165) is 13.3 Å². The zero-order chi connectivity index (χ0) is 35.4. The first-order chi connectivity index (χ1) is 21.6. The number of esters is 2. The predicted octanol–water partition coefficient (Wildman–Crippen LogP) is 6.86. The highest BCUT2D eigenvalue weighted by Crippen LogP contribution is 2.74. The molecule has 4 fully saturated rings. The number of aliphatic carboxylic acids is 1. The first-order valence-corrected chi connectivity index (χ1v) is 17.4. The standard InChI is InChI=1S/C36H55F3O8/c1-18(2)10-9-11-22(31(43)44)27-23-12-13-26-33(6)15-14-24(41)20(4)28(33)29(47-32(45)19(3)16-36(37,38)39)30(42)35(26,8)34(23,7)17-25(27)46-21(5)40/h18-20,23-26,28-30,41-42H,9-17H2,1-8H3,(H,43,44)/b27-22-. The van der Waals surface area contributed by atoms with Crippen LogP contribution >= 0.6 is 0 Å². The number of halogens is 3. The average molecular weight is 673 g/mol. The molecule has 0 heterocycles. The number of hydrogen-bond donors (Lipinski definition) is 3. The van der Waals surface area contributed by atoms with Gasteiger partial charge in [0.25, 0.3) is 0 Å². The molecule has 4 saturated carbocycles. The number of fused-ring (bicyclic) bond motifs is 5. The third-order valence-corrected chi connectivity index (χ3v) is 13.1. The molecule has 3 N–H and O–H groups in total. The smallest absolute Gasteiger partial charge is 0.389 e. The molecule has 0 aromatic rings. The molecule has 0 spiro atoms. The Labute approximate surface area is 276 Å². The van der Waals surface area contributed by atoms with Gasteiger partial charge in [-0.25, -0.2) is 4.79 Å². The number of carbonyl (C=O) groups excluding carboxylic acids is 2. The van der Waals surface area contributed by atoms with E-state index in [0.29, 0.717) is 50.0 Å². The molecule has 0 aliphatic heterocycles. The van der Waals surface area contributed by atoms with Crippen LogP contribution in [0.2, 0.25) is 0 Å². The molecule has 0 amide bonds. The van der Waals surface area contributed by atoms with Gasteiger partial charge in [-0.05, 0) is 85.0 Å². The van der Waals surface area contributed by atoms with E-state index in [4.69, 9.17) is 9.47 Å². The van der Waals surface area contributed by atoms with Crippen molar-refractivity contribution in [1.82, 2.24) is 0 Å². The summed E-state index contributed by atoms with van der Waals surface area (Å²) in [5.41, 5.74) is -1.57. The zero-order valence-electron chi connectivity index (χ0n) is 29.2. The number of ether oxygens (including phenoxy) is 2. The minimum absolute atomic E-state index is 0.153. The Bertz CT molecular complexity index is 1250. The van der Waals surface area contributed by atoms with Crippen molar-refractivity contribution in [2.45, 2.75) is 144 Å². The summed E-state index contributed by atoms with van der Waals surface area (Å²) in [6.07, 6.45) is -5.72. The lowest BCUT2D eigenvalue weighted by Gasteiger charge is -2.70. The van der Waals surface area contributed by atoms with E-state index in [1.165, 1.54) is 6.92 Å². The maximum absolute atomic E-state index is 13.3. The lowest BCUT2D eigenvalue weighted by atomic mass is 9.35. The van der Waals surface area contributed by atoms with Crippen LogP contribution in [0.15, 0.2) is 11.1 Å². The van der Waals surface area contributed by atoms with Gasteiger partial charge in [0.15, 0.2) is 0 Å². The van der Waals surface area contributed by atoms with Crippen molar-refractivity contribution in [3.63, 3.8) is 0 Å². The average Bonchev–Trinajstić information content (AvgIpc) is 3.22. The molecule has 0 aromatic carbocycles. The quantitative estimate of drug-likeness (QED) is 0.179. The van der Waals surface area contributed by atoms with E-state index in [-0.39, 0.29) is 23.8 Å². The van der Waals surface area contributed by atoms with E-state index in [9.17, 15) is 42.9 Å². The number of hydrogen-bond acceptors (Lipinski definition) is 7. The van der Waals surface area contributed by atoms with Crippen molar-refractivity contribution in [1.29, 1.82) is 0 Å². The van der Waals surface area contributed by atoms with Crippen LogP contribution in [0.4, 0.5) is 13.2 Å². The molecule has 0 aromatic heterocycles. The molecule has 268 valence electrons. The Morgan fingerprint density at radius 3 is 2.21 bits per heavy atom. The Hall–Kier alpha value is -2.14. The number of carbonyl (C=O) groups is 3. The molecule has 4 aliphatic rings. The number of carboxylic acids is 1. The summed E-state index contributed by atoms with van der Waals surface area (Å²) in [5, 5.41) is 34.0. The topological polar surface area (TPSA) is 130 Å². The highest BCUT2D eigenvalue weighted by molar-refractivity contribution is 5.88. The maximum Gasteiger partial charge on any atom is 0.389 e. The second-order valence-electron chi connectivity index (χ2n) is 16.3. The van der Waals surface area contributed by atoms with E-state index in [2.05, 4.69) is 20.8 Å². The molecule has 11 heteroatoms. The maximum atomic E-state index is 13.3. The van der Waals surface area contributed by atoms with Gasteiger partial charge in [0, 0.05) is 23.8 Å². The summed E-state index contributed by atoms with van der Waals surface area (Å²) < 4.78 is 51.6. The Morgan fingerprint density at radius 2 is 1.66 bits per heavy atom. The Morgan fingerprint density at radius 1 is 1.02 bits per heavy atom. The molecule has 47 heavy (non-hydrogen) atoms. The van der Waals surface area contributed by atoms with Gasteiger partial charge >= 0.3 is 24.1 Å². The molecule has 12 atom stereocenters. The van der Waals surface area contributed by atoms with Crippen molar-refractivity contribution in [3.05, 3.63) is 11.1 Å². The lowest BCUT2D eigenvalue weighted by Crippen LogP contribution is -2.72. The highest BCUT2D eigenvalue weighted by Gasteiger charge is 2.74. The van der Waals surface area contributed by atoms with Gasteiger partial charge in [0.05, 0.1) is 24.5 Å². The molecule has 12 unspecified atom stereocenters. The van der Waals surface area contributed by atoms with Crippen molar-refractivity contribution in [2.75, 3.05) is 0 Å². The van der Waals surface area contributed by atoms with Crippen molar-refractivity contribution < 1.29 is 52.3 Å². The van der Waals surface area contributed by atoms with Crippen LogP contribution in [-0.4, -0.2) is 63.8 Å². The summed E-state index contributed by atoms with van der Waals surface area (Å²) in [4.78, 5) is 38.5. The fraction of sp³-hybridized carbons (Fsp3) is 0.861. The second-order valence-corrected chi connectivity index (χ2v) is 16.3. The Balaban J connectivity index is 1.86. The van der Waals surface area contributed by atoms with Crippen molar-refractivity contribution in [3.8, 4) is 0 Å². The first-order valence-electron chi connectivity index (χ1n) is 17.4. The van der Waals surface area contributed by atoms with E-state index < -0.39 is 88.9 Å². The van der Waals surface area contributed by atoms with Gasteiger partial charge in [-0.1, -0.05) is 54.9 Å². The molecule has 0 bridgehead atoms. The summed E-state index contributed by atoms with van der Waals surface area (Å²) in [5.74, 6) is -5.20.